The highest BCUT2D eigenvalue weighted by atomic mass is 16.4. The van der Waals surface area contributed by atoms with E-state index in [4.69, 9.17) is 5.11 Å². The number of unbranched alkanes of at least 4 members (excludes halogenated alkanes) is 1. The molecule has 0 bridgehead atoms. The maximum absolute atomic E-state index is 11.7. The topological polar surface area (TPSA) is 81.7 Å². The number of carbonyl (C=O) groups is 2. The molecule has 0 aromatic rings. The van der Waals surface area contributed by atoms with Crippen molar-refractivity contribution in [2.24, 2.45) is 5.92 Å². The number of nitrogens with one attached hydrogen (secondary N) is 2. The smallest absolute Gasteiger partial charge is 0.315 e. The van der Waals surface area contributed by atoms with Crippen molar-refractivity contribution in [2.45, 2.75) is 58.0 Å². The van der Waals surface area contributed by atoms with Crippen LogP contribution in [-0.4, -0.2) is 54.2 Å². The Morgan fingerprint density at radius 3 is 2.62 bits per heavy atom. The first kappa shape index (κ1) is 17.8. The molecule has 0 radical (unpaired) electrons. The highest BCUT2D eigenvalue weighted by molar-refractivity contribution is 5.76. The molecule has 1 aliphatic carbocycles. The molecule has 0 aromatic heterocycles. The van der Waals surface area contributed by atoms with Crippen LogP contribution in [0.5, 0.6) is 0 Å². The molecule has 2 unspecified atom stereocenters. The van der Waals surface area contributed by atoms with Crippen LogP contribution in [-0.2, 0) is 4.79 Å². The molecular weight excluding hydrogens is 270 g/mol. The normalized spacial score (nSPS) is 21.8. The van der Waals surface area contributed by atoms with Crippen LogP contribution in [0.1, 0.15) is 46.0 Å². The maximum Gasteiger partial charge on any atom is 0.315 e. The average Bonchev–Trinajstić information content (AvgIpc) is 2.86. The van der Waals surface area contributed by atoms with Crippen molar-refractivity contribution in [3.8, 4) is 0 Å². The Bertz CT molecular complexity index is 347. The number of urea groups is 1. The minimum Gasteiger partial charge on any atom is -0.481 e. The number of nitrogens with zero attached hydrogens (tertiary/aromatic N) is 1. The lowest BCUT2D eigenvalue weighted by Crippen LogP contribution is -2.45. The van der Waals surface area contributed by atoms with E-state index in [0.717, 1.165) is 32.2 Å². The number of carboxylic acids is 1. The molecule has 1 aliphatic rings. The Labute approximate surface area is 127 Å². The van der Waals surface area contributed by atoms with Crippen LogP contribution in [0.3, 0.4) is 0 Å². The first-order valence-corrected chi connectivity index (χ1v) is 7.89. The van der Waals surface area contributed by atoms with Gasteiger partial charge >= 0.3 is 12.0 Å². The standard InChI is InChI=1S/C15H29N3O3/c1-11(2)18(3)10-5-4-9-16-15(21)17-13-8-6-7-12(13)14(19)20/h11-13H,4-10H2,1-3H3,(H,19,20)(H2,16,17,21). The number of hydrogen-bond acceptors (Lipinski definition) is 3. The molecule has 122 valence electrons. The molecule has 21 heavy (non-hydrogen) atoms. The third-order valence-corrected chi connectivity index (χ3v) is 4.25. The molecule has 1 saturated carbocycles. The summed E-state index contributed by atoms with van der Waals surface area (Å²) in [5, 5.41) is 14.7. The number of aliphatic carboxylic acids is 1. The number of carboxylic acid groups (broad SMARTS) is 1. The third kappa shape index (κ3) is 6.33. The number of rotatable bonds is 8. The fourth-order valence-corrected chi connectivity index (χ4v) is 2.59. The number of amides is 2. The van der Waals surface area contributed by atoms with Crippen LogP contribution >= 0.6 is 0 Å². The van der Waals surface area contributed by atoms with Crippen LogP contribution in [0, 0.1) is 5.92 Å². The largest absolute Gasteiger partial charge is 0.481 e. The van der Waals surface area contributed by atoms with E-state index in [2.05, 4.69) is 36.4 Å². The Balaban J connectivity index is 2.13. The molecule has 2 atom stereocenters. The van der Waals surface area contributed by atoms with Gasteiger partial charge in [0.15, 0.2) is 0 Å². The van der Waals surface area contributed by atoms with E-state index in [1.807, 2.05) is 0 Å². The van der Waals surface area contributed by atoms with Crippen molar-refractivity contribution in [1.82, 2.24) is 15.5 Å². The molecule has 3 N–H and O–H groups in total. The van der Waals surface area contributed by atoms with Gasteiger partial charge in [0.1, 0.15) is 0 Å². The van der Waals surface area contributed by atoms with E-state index < -0.39 is 11.9 Å². The summed E-state index contributed by atoms with van der Waals surface area (Å²) >= 11 is 0. The molecule has 0 aliphatic heterocycles. The van der Waals surface area contributed by atoms with Crippen LogP contribution in [0.2, 0.25) is 0 Å². The summed E-state index contributed by atoms with van der Waals surface area (Å²) < 4.78 is 0. The third-order valence-electron chi connectivity index (χ3n) is 4.25. The molecule has 0 saturated heterocycles. The lowest BCUT2D eigenvalue weighted by molar-refractivity contribution is -0.142. The summed E-state index contributed by atoms with van der Waals surface area (Å²) in [6.45, 7) is 5.96. The Hall–Kier alpha value is -1.30. The monoisotopic (exact) mass is 299 g/mol. The van der Waals surface area contributed by atoms with Crippen molar-refractivity contribution in [1.29, 1.82) is 0 Å². The molecule has 0 heterocycles. The predicted octanol–water partition coefficient (Wildman–Crippen LogP) is 1.66. The average molecular weight is 299 g/mol. The summed E-state index contributed by atoms with van der Waals surface area (Å²) in [5.74, 6) is -1.25. The lowest BCUT2D eigenvalue weighted by atomic mass is 10.0. The van der Waals surface area contributed by atoms with Crippen molar-refractivity contribution in [2.75, 3.05) is 20.1 Å². The van der Waals surface area contributed by atoms with E-state index in [9.17, 15) is 9.59 Å². The molecule has 2 amide bonds. The Morgan fingerprint density at radius 2 is 2.00 bits per heavy atom. The highest BCUT2D eigenvalue weighted by Crippen LogP contribution is 2.25. The van der Waals surface area contributed by atoms with Crippen LogP contribution in [0.4, 0.5) is 4.79 Å². The summed E-state index contributed by atoms with van der Waals surface area (Å²) in [6, 6.07) is 0.0662. The molecular formula is C15H29N3O3. The van der Waals surface area contributed by atoms with E-state index in [1.165, 1.54) is 0 Å². The Morgan fingerprint density at radius 1 is 1.29 bits per heavy atom. The van der Waals surface area contributed by atoms with Gasteiger partial charge in [-0.25, -0.2) is 4.79 Å². The van der Waals surface area contributed by atoms with Gasteiger partial charge in [-0.15, -0.1) is 0 Å². The minimum absolute atomic E-state index is 0.227. The maximum atomic E-state index is 11.7. The molecule has 1 rings (SSSR count). The van der Waals surface area contributed by atoms with Gasteiger partial charge in [0.2, 0.25) is 0 Å². The number of carbonyl (C=O) groups excluding carboxylic acids is 1. The van der Waals surface area contributed by atoms with Gasteiger partial charge < -0.3 is 20.6 Å². The van der Waals surface area contributed by atoms with E-state index in [1.54, 1.807) is 0 Å². The zero-order valence-electron chi connectivity index (χ0n) is 13.4. The van der Waals surface area contributed by atoms with Gasteiger partial charge in [-0.3, -0.25) is 4.79 Å². The quantitative estimate of drug-likeness (QED) is 0.595. The van der Waals surface area contributed by atoms with Crippen LogP contribution < -0.4 is 10.6 Å². The summed E-state index contributed by atoms with van der Waals surface area (Å²) in [5.41, 5.74) is 0. The molecule has 6 heteroatoms. The zero-order chi connectivity index (χ0) is 15.8. The van der Waals surface area contributed by atoms with Gasteiger partial charge in [-0.1, -0.05) is 6.42 Å². The van der Waals surface area contributed by atoms with E-state index >= 15 is 0 Å². The van der Waals surface area contributed by atoms with Crippen molar-refractivity contribution in [3.63, 3.8) is 0 Å². The van der Waals surface area contributed by atoms with Gasteiger partial charge in [-0.2, -0.15) is 0 Å². The van der Waals surface area contributed by atoms with Gasteiger partial charge in [0.05, 0.1) is 5.92 Å². The second-order valence-electron chi connectivity index (χ2n) is 6.16. The van der Waals surface area contributed by atoms with Crippen LogP contribution in [0.15, 0.2) is 0 Å². The molecule has 0 aromatic carbocycles. The fraction of sp³-hybridized carbons (Fsp3) is 0.867. The summed E-state index contributed by atoms with van der Waals surface area (Å²) in [6.07, 6.45) is 4.24. The predicted molar refractivity (Wildman–Crippen MR) is 82.3 cm³/mol. The van der Waals surface area contributed by atoms with E-state index in [0.29, 0.717) is 19.0 Å². The SMILES string of the molecule is CC(C)N(C)CCCCNC(=O)NC1CCCC1C(=O)O. The second kappa shape index (κ2) is 8.87. The van der Waals surface area contributed by atoms with Gasteiger partial charge in [0.25, 0.3) is 0 Å². The number of hydrogen-bond donors (Lipinski definition) is 3. The first-order chi connectivity index (χ1) is 9.91. The van der Waals surface area contributed by atoms with Crippen molar-refractivity contribution >= 4 is 12.0 Å². The van der Waals surface area contributed by atoms with Gasteiger partial charge in [-0.05, 0) is 53.1 Å². The van der Waals surface area contributed by atoms with E-state index in [-0.39, 0.29) is 12.1 Å². The zero-order valence-corrected chi connectivity index (χ0v) is 13.4. The highest BCUT2D eigenvalue weighted by Gasteiger charge is 2.33. The van der Waals surface area contributed by atoms with Crippen molar-refractivity contribution < 1.29 is 14.7 Å². The second-order valence-corrected chi connectivity index (χ2v) is 6.16. The molecule has 6 nitrogen and oxygen atoms in total. The Kier molecular flexibility index (Phi) is 7.50. The fourth-order valence-electron chi connectivity index (χ4n) is 2.59. The summed E-state index contributed by atoms with van der Waals surface area (Å²) in [7, 11) is 2.09. The summed E-state index contributed by atoms with van der Waals surface area (Å²) in [4.78, 5) is 25.1. The van der Waals surface area contributed by atoms with Crippen molar-refractivity contribution in [3.05, 3.63) is 0 Å². The lowest BCUT2D eigenvalue weighted by Gasteiger charge is -2.21. The first-order valence-electron chi connectivity index (χ1n) is 7.89. The minimum atomic E-state index is -0.811. The molecule has 0 spiro atoms. The van der Waals surface area contributed by atoms with Crippen LogP contribution in [0.25, 0.3) is 0 Å². The molecule has 1 fully saturated rings. The van der Waals surface area contributed by atoms with Gasteiger partial charge in [0, 0.05) is 18.6 Å².